The van der Waals surface area contributed by atoms with Crippen molar-refractivity contribution in [2.75, 3.05) is 11.1 Å². The quantitative estimate of drug-likeness (QED) is 0.541. The topological polar surface area (TPSA) is 88.9 Å². The zero-order chi connectivity index (χ0) is 21.5. The van der Waals surface area contributed by atoms with Crippen LogP contribution < -0.4 is 10.6 Å². The summed E-state index contributed by atoms with van der Waals surface area (Å²) in [6.07, 6.45) is 0. The maximum absolute atomic E-state index is 12.4. The second-order valence-corrected chi connectivity index (χ2v) is 7.79. The Kier molecular flexibility index (Phi) is 7.24. The second-order valence-electron chi connectivity index (χ2n) is 6.84. The average Bonchev–Trinajstić information content (AvgIpc) is 3.14. The van der Waals surface area contributed by atoms with Crippen LogP contribution in [0, 0.1) is 13.8 Å². The predicted molar refractivity (Wildman–Crippen MR) is 119 cm³/mol. The van der Waals surface area contributed by atoms with Crippen molar-refractivity contribution in [3.63, 3.8) is 0 Å². The van der Waals surface area contributed by atoms with Crippen molar-refractivity contribution in [3.05, 3.63) is 71.0 Å². The third-order valence-electron chi connectivity index (χ3n) is 4.57. The van der Waals surface area contributed by atoms with Crippen LogP contribution in [-0.2, 0) is 17.9 Å². The minimum absolute atomic E-state index is 0.107. The van der Waals surface area contributed by atoms with Gasteiger partial charge in [-0.2, -0.15) is 0 Å². The first-order valence-corrected chi connectivity index (χ1v) is 10.7. The number of aryl methyl sites for hydroxylation is 2. The molecule has 2 aromatic carbocycles. The van der Waals surface area contributed by atoms with Crippen LogP contribution in [0.15, 0.2) is 53.7 Å². The van der Waals surface area contributed by atoms with E-state index in [0.29, 0.717) is 23.1 Å². The Morgan fingerprint density at radius 1 is 1.03 bits per heavy atom. The Morgan fingerprint density at radius 3 is 2.47 bits per heavy atom. The van der Waals surface area contributed by atoms with E-state index in [1.54, 1.807) is 6.07 Å². The number of amides is 2. The summed E-state index contributed by atoms with van der Waals surface area (Å²) < 4.78 is 1.90. The van der Waals surface area contributed by atoms with Crippen LogP contribution >= 0.6 is 11.8 Å². The summed E-state index contributed by atoms with van der Waals surface area (Å²) in [7, 11) is 0. The van der Waals surface area contributed by atoms with Crippen molar-refractivity contribution >= 4 is 29.3 Å². The van der Waals surface area contributed by atoms with Crippen molar-refractivity contribution in [1.82, 2.24) is 20.1 Å². The number of carbonyl (C=O) groups excluding carboxylic acids is 2. The number of nitrogens with one attached hydrogen (secondary N) is 2. The normalized spacial score (nSPS) is 10.6. The van der Waals surface area contributed by atoms with Gasteiger partial charge < -0.3 is 15.2 Å². The van der Waals surface area contributed by atoms with Crippen molar-refractivity contribution < 1.29 is 9.59 Å². The number of aromatic nitrogens is 3. The Bertz CT molecular complexity index is 1030. The highest BCUT2D eigenvalue weighted by Crippen LogP contribution is 2.18. The summed E-state index contributed by atoms with van der Waals surface area (Å²) in [4.78, 5) is 24.7. The first-order valence-electron chi connectivity index (χ1n) is 9.73. The molecule has 0 fully saturated rings. The van der Waals surface area contributed by atoms with Gasteiger partial charge in [0.1, 0.15) is 0 Å². The zero-order valence-corrected chi connectivity index (χ0v) is 18.1. The molecule has 0 bridgehead atoms. The molecule has 0 unspecified atom stereocenters. The maximum atomic E-state index is 12.4. The first-order chi connectivity index (χ1) is 14.5. The van der Waals surface area contributed by atoms with E-state index in [0.717, 1.165) is 16.8 Å². The second kappa shape index (κ2) is 10.1. The Labute approximate surface area is 180 Å². The van der Waals surface area contributed by atoms with Crippen LogP contribution in [0.2, 0.25) is 0 Å². The molecule has 0 atom stereocenters. The van der Waals surface area contributed by atoms with Gasteiger partial charge in [0.15, 0.2) is 11.0 Å². The van der Waals surface area contributed by atoms with Gasteiger partial charge in [-0.3, -0.25) is 9.59 Å². The summed E-state index contributed by atoms with van der Waals surface area (Å²) >= 11 is 1.32. The fourth-order valence-electron chi connectivity index (χ4n) is 2.92. The average molecular weight is 424 g/mol. The Balaban J connectivity index is 1.57. The number of hydrogen-bond acceptors (Lipinski definition) is 5. The molecular weight excluding hydrogens is 398 g/mol. The molecule has 8 heteroatoms. The lowest BCUT2D eigenvalue weighted by atomic mass is 10.1. The zero-order valence-electron chi connectivity index (χ0n) is 17.3. The summed E-state index contributed by atoms with van der Waals surface area (Å²) in [6.45, 7) is 6.79. The van der Waals surface area contributed by atoms with Crippen molar-refractivity contribution in [1.29, 1.82) is 0 Å². The standard InChI is InChI=1S/C22H25N5O2S/c1-4-27-19(13-23-21(29)18-8-6-5-7-16(18)3)25-26-22(27)30-14-20(28)24-17-11-9-15(2)10-12-17/h5-12H,4,13-14H2,1-3H3,(H,23,29)(H,24,28). The number of carbonyl (C=O) groups is 2. The van der Waals surface area contributed by atoms with Crippen molar-refractivity contribution in [2.45, 2.75) is 39.0 Å². The minimum atomic E-state index is -0.148. The highest BCUT2D eigenvalue weighted by atomic mass is 32.2. The molecule has 2 amide bonds. The van der Waals surface area contributed by atoms with Gasteiger partial charge in [0.2, 0.25) is 5.91 Å². The van der Waals surface area contributed by atoms with E-state index in [4.69, 9.17) is 0 Å². The summed E-state index contributed by atoms with van der Waals surface area (Å²) in [5.41, 5.74) is 3.47. The minimum Gasteiger partial charge on any atom is -0.345 e. The van der Waals surface area contributed by atoms with E-state index < -0.39 is 0 Å². The molecule has 1 aromatic heterocycles. The van der Waals surface area contributed by atoms with Crippen LogP contribution in [-0.4, -0.2) is 32.3 Å². The van der Waals surface area contributed by atoms with Gasteiger partial charge in [-0.1, -0.05) is 47.7 Å². The molecule has 3 rings (SSSR count). The maximum Gasteiger partial charge on any atom is 0.251 e. The Morgan fingerprint density at radius 2 is 1.77 bits per heavy atom. The van der Waals surface area contributed by atoms with Crippen molar-refractivity contribution in [2.24, 2.45) is 0 Å². The van der Waals surface area contributed by atoms with Gasteiger partial charge in [0.05, 0.1) is 12.3 Å². The number of nitrogens with zero attached hydrogens (tertiary/aromatic N) is 3. The summed E-state index contributed by atoms with van der Waals surface area (Å²) in [6, 6.07) is 15.1. The van der Waals surface area contributed by atoms with E-state index in [1.165, 1.54) is 11.8 Å². The fraction of sp³-hybridized carbons (Fsp3) is 0.273. The molecule has 1 heterocycles. The molecule has 0 saturated carbocycles. The molecule has 7 nitrogen and oxygen atoms in total. The molecule has 3 aromatic rings. The lowest BCUT2D eigenvalue weighted by Gasteiger charge is -2.10. The van der Waals surface area contributed by atoms with Gasteiger partial charge >= 0.3 is 0 Å². The van der Waals surface area contributed by atoms with Crippen LogP contribution in [0.4, 0.5) is 5.69 Å². The van der Waals surface area contributed by atoms with Crippen LogP contribution in [0.25, 0.3) is 0 Å². The lowest BCUT2D eigenvalue weighted by Crippen LogP contribution is -2.25. The first kappa shape index (κ1) is 21.6. The van der Waals surface area contributed by atoms with E-state index >= 15 is 0 Å². The van der Waals surface area contributed by atoms with Gasteiger partial charge in [-0.15, -0.1) is 10.2 Å². The van der Waals surface area contributed by atoms with E-state index in [9.17, 15) is 9.59 Å². The molecule has 156 valence electrons. The van der Waals surface area contributed by atoms with Crippen LogP contribution in [0.1, 0.15) is 34.2 Å². The molecule has 0 saturated heterocycles. The summed E-state index contributed by atoms with van der Waals surface area (Å²) in [5.74, 6) is 0.622. The van der Waals surface area contributed by atoms with Crippen molar-refractivity contribution in [3.8, 4) is 0 Å². The predicted octanol–water partition coefficient (Wildman–Crippen LogP) is 3.58. The molecule has 0 aliphatic rings. The van der Waals surface area contributed by atoms with Gasteiger partial charge in [-0.05, 0) is 44.5 Å². The van der Waals surface area contributed by atoms with Crippen LogP contribution in [0.5, 0.6) is 0 Å². The van der Waals surface area contributed by atoms with Gasteiger partial charge in [0, 0.05) is 17.8 Å². The molecule has 0 spiro atoms. The molecule has 0 aliphatic heterocycles. The van der Waals surface area contributed by atoms with Gasteiger partial charge in [-0.25, -0.2) is 0 Å². The third-order valence-corrected chi connectivity index (χ3v) is 5.54. The monoisotopic (exact) mass is 423 g/mol. The van der Waals surface area contributed by atoms with E-state index in [1.807, 2.05) is 67.8 Å². The smallest absolute Gasteiger partial charge is 0.251 e. The SMILES string of the molecule is CCn1c(CNC(=O)c2ccccc2C)nnc1SCC(=O)Nc1ccc(C)cc1. The third kappa shape index (κ3) is 5.48. The van der Waals surface area contributed by atoms with E-state index in [-0.39, 0.29) is 24.1 Å². The number of anilines is 1. The highest BCUT2D eigenvalue weighted by molar-refractivity contribution is 7.99. The molecule has 30 heavy (non-hydrogen) atoms. The highest BCUT2D eigenvalue weighted by Gasteiger charge is 2.15. The van der Waals surface area contributed by atoms with Crippen LogP contribution in [0.3, 0.4) is 0 Å². The number of thioether (sulfide) groups is 1. The van der Waals surface area contributed by atoms with Gasteiger partial charge in [0.25, 0.3) is 5.91 Å². The number of hydrogen-bond donors (Lipinski definition) is 2. The van der Waals surface area contributed by atoms with E-state index in [2.05, 4.69) is 20.8 Å². The Hall–Kier alpha value is -3.13. The lowest BCUT2D eigenvalue weighted by molar-refractivity contribution is -0.113. The fourth-order valence-corrected chi connectivity index (χ4v) is 3.74. The molecular formula is C22H25N5O2S. The molecule has 0 aliphatic carbocycles. The number of benzene rings is 2. The molecule has 2 N–H and O–H groups in total. The molecule has 0 radical (unpaired) electrons. The number of rotatable bonds is 8. The summed E-state index contributed by atoms with van der Waals surface area (Å²) in [5, 5.41) is 14.8. The largest absolute Gasteiger partial charge is 0.345 e.